The monoisotopic (exact) mass is 251 g/mol. The van der Waals surface area contributed by atoms with Crippen molar-refractivity contribution in [3.63, 3.8) is 0 Å². The highest BCUT2D eigenvalue weighted by Gasteiger charge is 2.20. The van der Waals surface area contributed by atoms with Crippen molar-refractivity contribution >= 4 is 17.3 Å². The molecule has 1 aromatic heterocycles. The van der Waals surface area contributed by atoms with Gasteiger partial charge in [-0.05, 0) is 44.0 Å². The van der Waals surface area contributed by atoms with E-state index in [0.29, 0.717) is 5.15 Å². The van der Waals surface area contributed by atoms with Crippen molar-refractivity contribution in [2.45, 2.75) is 19.3 Å². The Morgan fingerprint density at radius 3 is 2.82 bits per heavy atom. The topological polar surface area (TPSA) is 19.4 Å². The lowest BCUT2D eigenvalue weighted by Gasteiger charge is -2.23. The van der Waals surface area contributed by atoms with Gasteiger partial charge in [-0.2, -0.15) is 0 Å². The third kappa shape index (κ3) is 2.40. The van der Waals surface area contributed by atoms with E-state index in [4.69, 9.17) is 11.6 Å². The van der Waals surface area contributed by atoms with Crippen LogP contribution in [0.25, 0.3) is 0 Å². The predicted octanol–water partition coefficient (Wildman–Crippen LogP) is 2.19. The van der Waals surface area contributed by atoms with Gasteiger partial charge in [0.1, 0.15) is 5.15 Å². The lowest BCUT2D eigenvalue weighted by Crippen LogP contribution is -2.32. The lowest BCUT2D eigenvalue weighted by molar-refractivity contribution is 0.345. The predicted molar refractivity (Wildman–Crippen MR) is 70.8 cm³/mol. The molecule has 1 fully saturated rings. The zero-order valence-corrected chi connectivity index (χ0v) is 10.8. The number of hydrogen-bond donors (Lipinski definition) is 0. The fourth-order valence-corrected chi connectivity index (χ4v) is 2.96. The quantitative estimate of drug-likeness (QED) is 0.768. The molecule has 0 saturated carbocycles. The molecule has 0 atom stereocenters. The average molecular weight is 252 g/mol. The van der Waals surface area contributed by atoms with E-state index in [1.807, 2.05) is 12.3 Å². The van der Waals surface area contributed by atoms with Crippen LogP contribution in [0.2, 0.25) is 5.15 Å². The van der Waals surface area contributed by atoms with Gasteiger partial charge < -0.3 is 9.80 Å². The first-order valence-corrected chi connectivity index (χ1v) is 6.82. The maximum absolute atomic E-state index is 5.97. The lowest BCUT2D eigenvalue weighted by atomic mass is 10.2. The van der Waals surface area contributed by atoms with Gasteiger partial charge in [0, 0.05) is 31.5 Å². The van der Waals surface area contributed by atoms with Crippen LogP contribution in [0, 0.1) is 0 Å². The number of halogens is 1. The van der Waals surface area contributed by atoms with Gasteiger partial charge in [0.25, 0.3) is 0 Å². The first-order chi connectivity index (χ1) is 8.33. The number of nitrogens with zero attached hydrogens (tertiary/aromatic N) is 3. The van der Waals surface area contributed by atoms with Crippen molar-refractivity contribution in [1.82, 2.24) is 9.88 Å². The maximum Gasteiger partial charge on any atom is 0.131 e. The number of fused-ring (bicyclic) bond motifs is 1. The van der Waals surface area contributed by atoms with Crippen LogP contribution < -0.4 is 4.90 Å². The first-order valence-electron chi connectivity index (χ1n) is 6.45. The Morgan fingerprint density at radius 1 is 1.18 bits per heavy atom. The molecule has 3 nitrogen and oxygen atoms in total. The van der Waals surface area contributed by atoms with E-state index in [2.05, 4.69) is 14.8 Å². The smallest absolute Gasteiger partial charge is 0.131 e. The summed E-state index contributed by atoms with van der Waals surface area (Å²) in [5.41, 5.74) is 2.64. The summed E-state index contributed by atoms with van der Waals surface area (Å²) in [6.07, 6.45) is 5.77. The number of anilines is 1. The van der Waals surface area contributed by atoms with E-state index >= 15 is 0 Å². The highest BCUT2D eigenvalue weighted by Crippen LogP contribution is 2.29. The fraction of sp³-hybridized carbons (Fsp3) is 0.615. The summed E-state index contributed by atoms with van der Waals surface area (Å²) in [5, 5.41) is 0.608. The summed E-state index contributed by atoms with van der Waals surface area (Å²) in [6.45, 7) is 5.97. The Morgan fingerprint density at radius 2 is 2.00 bits per heavy atom. The summed E-state index contributed by atoms with van der Waals surface area (Å²) in [4.78, 5) is 9.15. The number of rotatable bonds is 3. The van der Waals surface area contributed by atoms with Gasteiger partial charge in [0.15, 0.2) is 0 Å². The second-order valence-corrected chi connectivity index (χ2v) is 5.31. The second kappa shape index (κ2) is 4.83. The molecular weight excluding hydrogens is 234 g/mol. The Balaban J connectivity index is 1.64. The van der Waals surface area contributed by atoms with E-state index < -0.39 is 0 Å². The Labute approximate surface area is 107 Å². The highest BCUT2D eigenvalue weighted by molar-refractivity contribution is 6.29. The van der Waals surface area contributed by atoms with Crippen molar-refractivity contribution in [3.05, 3.63) is 23.0 Å². The molecule has 17 heavy (non-hydrogen) atoms. The summed E-state index contributed by atoms with van der Waals surface area (Å²) in [5.74, 6) is 0. The number of likely N-dealkylation sites (tertiary alicyclic amines) is 1. The molecular formula is C13H18ClN3. The van der Waals surface area contributed by atoms with E-state index in [0.717, 1.165) is 19.5 Å². The standard InChI is InChI=1S/C13H18ClN3/c14-13-9-12-11(10-15-13)3-6-17(12)8-7-16-4-1-2-5-16/h9-10H,1-8H2. The fourth-order valence-electron chi connectivity index (χ4n) is 2.81. The Bertz CT molecular complexity index is 402. The van der Waals surface area contributed by atoms with Crippen molar-refractivity contribution in [1.29, 1.82) is 0 Å². The van der Waals surface area contributed by atoms with Crippen molar-refractivity contribution in [2.24, 2.45) is 0 Å². The normalized spacial score (nSPS) is 19.9. The van der Waals surface area contributed by atoms with Crippen molar-refractivity contribution in [3.8, 4) is 0 Å². The molecule has 3 rings (SSSR count). The van der Waals surface area contributed by atoms with Gasteiger partial charge in [-0.15, -0.1) is 0 Å². The second-order valence-electron chi connectivity index (χ2n) is 4.92. The molecule has 2 aliphatic rings. The van der Waals surface area contributed by atoms with Gasteiger partial charge in [-0.1, -0.05) is 11.6 Å². The van der Waals surface area contributed by atoms with Crippen molar-refractivity contribution < 1.29 is 0 Å². The van der Waals surface area contributed by atoms with Gasteiger partial charge in [-0.3, -0.25) is 0 Å². The molecule has 1 aromatic rings. The zero-order valence-electron chi connectivity index (χ0n) is 10.0. The molecule has 0 N–H and O–H groups in total. The largest absolute Gasteiger partial charge is 0.370 e. The van der Waals surface area contributed by atoms with Crippen LogP contribution >= 0.6 is 11.6 Å². The van der Waals surface area contributed by atoms with Gasteiger partial charge in [0.05, 0.1) is 0 Å². The third-order valence-corrected chi connectivity index (χ3v) is 4.01. The minimum atomic E-state index is 0.608. The van der Waals surface area contributed by atoms with E-state index in [1.54, 1.807) is 0 Å². The molecule has 92 valence electrons. The van der Waals surface area contributed by atoms with Crippen LogP contribution in [-0.2, 0) is 6.42 Å². The highest BCUT2D eigenvalue weighted by atomic mass is 35.5. The van der Waals surface area contributed by atoms with Crippen LogP contribution in [0.3, 0.4) is 0 Å². The number of pyridine rings is 1. The molecule has 2 aliphatic heterocycles. The van der Waals surface area contributed by atoms with E-state index in [-0.39, 0.29) is 0 Å². The van der Waals surface area contributed by atoms with E-state index in [9.17, 15) is 0 Å². The summed E-state index contributed by atoms with van der Waals surface area (Å²) >= 11 is 5.97. The molecule has 0 unspecified atom stereocenters. The van der Waals surface area contributed by atoms with Crippen LogP contribution in [0.5, 0.6) is 0 Å². The zero-order chi connectivity index (χ0) is 11.7. The van der Waals surface area contributed by atoms with Gasteiger partial charge in [0.2, 0.25) is 0 Å². The van der Waals surface area contributed by atoms with Crippen LogP contribution in [0.15, 0.2) is 12.3 Å². The van der Waals surface area contributed by atoms with Crippen LogP contribution in [0.1, 0.15) is 18.4 Å². The summed E-state index contributed by atoms with van der Waals surface area (Å²) < 4.78 is 0. The SMILES string of the molecule is Clc1cc2c(cn1)CCN2CCN1CCCC1. The molecule has 3 heterocycles. The number of aromatic nitrogens is 1. The first kappa shape index (κ1) is 11.3. The molecule has 0 radical (unpaired) electrons. The molecule has 0 bridgehead atoms. The molecule has 0 aliphatic carbocycles. The minimum Gasteiger partial charge on any atom is -0.370 e. The van der Waals surface area contributed by atoms with E-state index in [1.165, 1.54) is 43.7 Å². The molecule has 1 saturated heterocycles. The number of hydrogen-bond acceptors (Lipinski definition) is 3. The molecule has 0 spiro atoms. The molecule has 4 heteroatoms. The minimum absolute atomic E-state index is 0.608. The van der Waals surface area contributed by atoms with Crippen molar-refractivity contribution in [2.75, 3.05) is 37.6 Å². The van der Waals surface area contributed by atoms with Crippen LogP contribution in [0.4, 0.5) is 5.69 Å². The third-order valence-electron chi connectivity index (χ3n) is 3.81. The maximum atomic E-state index is 5.97. The Kier molecular flexibility index (Phi) is 3.21. The Hall–Kier alpha value is -0.800. The molecule has 0 amide bonds. The van der Waals surface area contributed by atoms with Gasteiger partial charge >= 0.3 is 0 Å². The summed E-state index contributed by atoms with van der Waals surface area (Å²) in [6, 6.07) is 2.01. The van der Waals surface area contributed by atoms with Crippen LogP contribution in [-0.4, -0.2) is 42.6 Å². The summed E-state index contributed by atoms with van der Waals surface area (Å²) in [7, 11) is 0. The molecule has 0 aromatic carbocycles. The van der Waals surface area contributed by atoms with Gasteiger partial charge in [-0.25, -0.2) is 4.98 Å². The average Bonchev–Trinajstić information content (AvgIpc) is 2.94.